The van der Waals surface area contributed by atoms with Crippen molar-refractivity contribution >= 4 is 21.9 Å². The minimum atomic E-state index is -4.65. The smallest absolute Gasteiger partial charge is 0.416 e. The predicted molar refractivity (Wildman–Crippen MR) is 109 cm³/mol. The fourth-order valence-corrected chi connectivity index (χ4v) is 5.93. The highest BCUT2D eigenvalue weighted by molar-refractivity contribution is 7.89. The van der Waals surface area contributed by atoms with Crippen LogP contribution >= 0.6 is 0 Å². The minimum absolute atomic E-state index is 0.00187. The van der Waals surface area contributed by atoms with Gasteiger partial charge in [0.25, 0.3) is 0 Å². The largest absolute Gasteiger partial charge is 0.467 e. The molecule has 1 heterocycles. The second-order valence-electron chi connectivity index (χ2n) is 8.33. The van der Waals surface area contributed by atoms with Crippen LogP contribution in [0.3, 0.4) is 0 Å². The summed E-state index contributed by atoms with van der Waals surface area (Å²) in [7, 11) is -2.84. The van der Waals surface area contributed by atoms with E-state index in [2.05, 4.69) is 5.32 Å². The number of hydrogen-bond donors (Lipinski definition) is 1. The second-order valence-corrected chi connectivity index (χ2v) is 10.3. The van der Waals surface area contributed by atoms with Crippen molar-refractivity contribution in [2.24, 2.45) is 5.92 Å². The van der Waals surface area contributed by atoms with Crippen LogP contribution in [0.5, 0.6) is 0 Å². The van der Waals surface area contributed by atoms with Crippen molar-refractivity contribution in [2.75, 3.05) is 20.2 Å². The molecule has 1 saturated carbocycles. The van der Waals surface area contributed by atoms with Gasteiger partial charge in [-0.25, -0.2) is 13.2 Å². The Morgan fingerprint density at radius 2 is 1.75 bits per heavy atom. The van der Waals surface area contributed by atoms with Crippen LogP contribution in [-0.2, 0) is 30.5 Å². The van der Waals surface area contributed by atoms with Gasteiger partial charge in [-0.2, -0.15) is 17.5 Å². The summed E-state index contributed by atoms with van der Waals surface area (Å²) in [6, 6.07) is 3.63. The van der Waals surface area contributed by atoms with E-state index >= 15 is 0 Å². The molecule has 2 aliphatic rings. The Hall–Kier alpha value is -2.14. The molecule has 0 radical (unpaired) electrons. The van der Waals surface area contributed by atoms with Crippen LogP contribution in [0.25, 0.3) is 0 Å². The third kappa shape index (κ3) is 5.09. The number of methoxy groups -OCH3 is 1. The Morgan fingerprint density at radius 1 is 1.12 bits per heavy atom. The molecule has 1 amide bonds. The average Bonchev–Trinajstić information content (AvgIpc) is 2.78. The second kappa shape index (κ2) is 9.38. The van der Waals surface area contributed by atoms with Crippen molar-refractivity contribution in [1.82, 2.24) is 9.62 Å². The van der Waals surface area contributed by atoms with E-state index in [1.54, 1.807) is 0 Å². The summed E-state index contributed by atoms with van der Waals surface area (Å²) < 4.78 is 70.6. The Bertz CT molecular complexity index is 950. The summed E-state index contributed by atoms with van der Waals surface area (Å²) in [5.74, 6) is -1.30. The lowest BCUT2D eigenvalue weighted by atomic mass is 9.81. The molecule has 1 saturated heterocycles. The van der Waals surface area contributed by atoms with Gasteiger partial charge in [-0.1, -0.05) is 25.3 Å². The van der Waals surface area contributed by atoms with Gasteiger partial charge in [-0.05, 0) is 43.9 Å². The van der Waals surface area contributed by atoms with Crippen molar-refractivity contribution in [3.05, 3.63) is 29.8 Å². The van der Waals surface area contributed by atoms with Crippen LogP contribution in [-0.4, -0.2) is 50.3 Å². The Balaban J connectivity index is 1.66. The number of ether oxygens (including phenoxy) is 1. The van der Waals surface area contributed by atoms with E-state index in [1.807, 2.05) is 0 Å². The molecule has 0 bridgehead atoms. The number of carbonyl (C=O) groups is 2. The Labute approximate surface area is 185 Å². The van der Waals surface area contributed by atoms with Gasteiger partial charge in [0.05, 0.1) is 17.6 Å². The molecule has 0 spiro atoms. The number of alkyl halides is 3. The lowest BCUT2D eigenvalue weighted by molar-refractivity contribution is -0.153. The third-order valence-corrected chi connectivity index (χ3v) is 8.16. The van der Waals surface area contributed by atoms with Crippen LogP contribution in [0, 0.1) is 5.92 Å². The van der Waals surface area contributed by atoms with Crippen molar-refractivity contribution in [2.45, 2.75) is 61.6 Å². The van der Waals surface area contributed by atoms with Gasteiger partial charge < -0.3 is 10.1 Å². The Kier molecular flexibility index (Phi) is 7.18. The van der Waals surface area contributed by atoms with Crippen molar-refractivity contribution in [1.29, 1.82) is 0 Å². The van der Waals surface area contributed by atoms with Gasteiger partial charge in [0.2, 0.25) is 15.9 Å². The lowest BCUT2D eigenvalue weighted by Crippen LogP contribution is -2.58. The molecule has 1 aliphatic carbocycles. The van der Waals surface area contributed by atoms with E-state index in [-0.39, 0.29) is 31.8 Å². The molecule has 1 aromatic carbocycles. The quantitative estimate of drug-likeness (QED) is 0.660. The molecule has 3 rings (SSSR count). The summed E-state index contributed by atoms with van der Waals surface area (Å²) in [5.41, 5.74) is -2.08. The number of rotatable bonds is 5. The zero-order valence-electron chi connectivity index (χ0n) is 17.8. The molecule has 0 atom stereocenters. The Morgan fingerprint density at radius 3 is 2.31 bits per heavy atom. The van der Waals surface area contributed by atoms with Crippen molar-refractivity contribution in [3.63, 3.8) is 0 Å². The normalized spacial score (nSPS) is 20.5. The number of sulfonamides is 1. The van der Waals surface area contributed by atoms with Crippen LogP contribution in [0.2, 0.25) is 0 Å². The molecular weight excluding hydrogens is 449 g/mol. The maximum absolute atomic E-state index is 13.0. The van der Waals surface area contributed by atoms with Gasteiger partial charge in [0.1, 0.15) is 5.54 Å². The number of nitrogens with zero attached hydrogens (tertiary/aromatic N) is 1. The summed E-state index contributed by atoms with van der Waals surface area (Å²) in [6.07, 6.45) is -0.678. The summed E-state index contributed by atoms with van der Waals surface area (Å²) >= 11 is 0. The van der Waals surface area contributed by atoms with E-state index in [0.29, 0.717) is 18.9 Å². The van der Waals surface area contributed by atoms with Gasteiger partial charge in [0, 0.05) is 19.0 Å². The SMILES string of the molecule is COC(=O)C1(NC(=O)C2CCN(S(=O)(=O)c3cccc(C(F)(F)F)c3)CC2)CCCCC1. The fourth-order valence-electron chi connectivity index (χ4n) is 4.41. The summed E-state index contributed by atoms with van der Waals surface area (Å²) in [4.78, 5) is 24.8. The molecule has 1 N–H and O–H groups in total. The van der Waals surface area contributed by atoms with E-state index in [1.165, 1.54) is 7.11 Å². The van der Waals surface area contributed by atoms with E-state index in [0.717, 1.165) is 41.8 Å². The highest BCUT2D eigenvalue weighted by Gasteiger charge is 2.44. The maximum Gasteiger partial charge on any atom is 0.416 e. The first-order valence-electron chi connectivity index (χ1n) is 10.6. The molecule has 1 aliphatic heterocycles. The van der Waals surface area contributed by atoms with Crippen molar-refractivity contribution in [3.8, 4) is 0 Å². The topological polar surface area (TPSA) is 92.8 Å². The number of halogens is 3. The number of carbonyl (C=O) groups excluding carboxylic acids is 2. The van der Waals surface area contributed by atoms with Crippen LogP contribution < -0.4 is 5.32 Å². The molecule has 0 unspecified atom stereocenters. The predicted octanol–water partition coefficient (Wildman–Crippen LogP) is 3.10. The van der Waals surface area contributed by atoms with E-state index in [9.17, 15) is 31.2 Å². The third-order valence-electron chi connectivity index (χ3n) is 6.27. The summed E-state index contributed by atoms with van der Waals surface area (Å²) in [6.45, 7) is 0.00375. The summed E-state index contributed by atoms with van der Waals surface area (Å²) in [5, 5.41) is 2.86. The molecule has 1 aromatic rings. The number of piperidine rings is 1. The van der Waals surface area contributed by atoms with Crippen LogP contribution in [0.4, 0.5) is 13.2 Å². The van der Waals surface area contributed by atoms with E-state index < -0.39 is 44.1 Å². The van der Waals surface area contributed by atoms with E-state index in [4.69, 9.17) is 4.74 Å². The molecule has 32 heavy (non-hydrogen) atoms. The van der Waals surface area contributed by atoms with Gasteiger partial charge >= 0.3 is 12.1 Å². The number of nitrogens with one attached hydrogen (secondary N) is 1. The van der Waals surface area contributed by atoms with Gasteiger partial charge in [-0.15, -0.1) is 0 Å². The molecule has 11 heteroatoms. The first kappa shape index (κ1) is 24.5. The fraction of sp³-hybridized carbons (Fsp3) is 0.619. The zero-order valence-corrected chi connectivity index (χ0v) is 18.6. The minimum Gasteiger partial charge on any atom is -0.467 e. The zero-order chi connectivity index (χ0) is 23.6. The highest BCUT2D eigenvalue weighted by Crippen LogP contribution is 2.33. The molecule has 7 nitrogen and oxygen atoms in total. The molecule has 2 fully saturated rings. The average molecular weight is 477 g/mol. The number of esters is 1. The first-order chi connectivity index (χ1) is 15.0. The lowest BCUT2D eigenvalue weighted by Gasteiger charge is -2.37. The number of hydrogen-bond acceptors (Lipinski definition) is 5. The van der Waals surface area contributed by atoms with Crippen molar-refractivity contribution < 1.29 is 35.9 Å². The van der Waals surface area contributed by atoms with Gasteiger partial charge in [-0.3, -0.25) is 4.79 Å². The number of benzene rings is 1. The van der Waals surface area contributed by atoms with Crippen LogP contribution in [0.1, 0.15) is 50.5 Å². The number of amides is 1. The molecule has 178 valence electrons. The standard InChI is InChI=1S/C21H27F3N2O5S/c1-31-19(28)20(10-3-2-4-11-20)25-18(27)15-8-12-26(13-9-15)32(29,30)17-7-5-6-16(14-17)21(22,23)24/h5-7,14-15H,2-4,8-13H2,1H3,(H,25,27). The van der Waals surface area contributed by atoms with Crippen LogP contribution in [0.15, 0.2) is 29.2 Å². The highest BCUT2D eigenvalue weighted by atomic mass is 32.2. The molecule has 0 aromatic heterocycles. The first-order valence-corrected chi connectivity index (χ1v) is 12.0. The maximum atomic E-state index is 13.0. The monoisotopic (exact) mass is 476 g/mol. The van der Waals surface area contributed by atoms with Gasteiger partial charge in [0.15, 0.2) is 0 Å². The molecular formula is C21H27F3N2O5S.